The average Bonchev–Trinajstić information content (AvgIpc) is 3.52. The smallest absolute Gasteiger partial charge is 0.270 e. The lowest BCUT2D eigenvalue weighted by atomic mass is 9.92. The summed E-state index contributed by atoms with van der Waals surface area (Å²) in [5.74, 6) is 0.117. The second-order valence-electron chi connectivity index (χ2n) is 8.65. The molecule has 3 N–H and O–H groups in total. The zero-order valence-electron chi connectivity index (χ0n) is 19.7. The van der Waals surface area contributed by atoms with Crippen LogP contribution in [0.4, 0.5) is 17.6 Å². The molecule has 1 unspecified atom stereocenters. The van der Waals surface area contributed by atoms with Gasteiger partial charge < -0.3 is 15.2 Å². The second-order valence-corrected chi connectivity index (χ2v) is 10.1. The van der Waals surface area contributed by atoms with Crippen molar-refractivity contribution in [2.45, 2.75) is 39.2 Å². The van der Waals surface area contributed by atoms with Gasteiger partial charge in [0.15, 0.2) is 5.82 Å². The standard InChI is InChI=1S/C22H22ClN9O3S/c1-11(28-18(33)13-7-16(27-10-26-13)29-15-5-6-35-32-15)20-24-9-14(36-20)19(34)31-21-25-8-12(23)17(30-21)22(2,3)4/h5-11H,1-4H3,(H,28,33)(H,25,30,31,34)(H,26,27,29,32). The molecule has 0 spiro atoms. The first kappa shape index (κ1) is 25.1. The number of thiazole rings is 1. The van der Waals surface area contributed by atoms with Crippen molar-refractivity contribution in [1.29, 1.82) is 0 Å². The Balaban J connectivity index is 1.40. The van der Waals surface area contributed by atoms with E-state index in [2.05, 4.69) is 46.0 Å². The Kier molecular flexibility index (Phi) is 7.22. The van der Waals surface area contributed by atoms with Crippen LogP contribution in [0.25, 0.3) is 0 Å². The zero-order chi connectivity index (χ0) is 25.9. The topological polar surface area (TPSA) is 161 Å². The third kappa shape index (κ3) is 5.98. The molecule has 0 bridgehead atoms. The van der Waals surface area contributed by atoms with E-state index in [0.717, 1.165) is 11.3 Å². The summed E-state index contributed by atoms with van der Waals surface area (Å²) in [7, 11) is 0. The molecule has 14 heteroatoms. The van der Waals surface area contributed by atoms with Gasteiger partial charge in [-0.25, -0.2) is 24.9 Å². The molecule has 0 aromatic carbocycles. The number of aromatic nitrogens is 6. The lowest BCUT2D eigenvalue weighted by molar-refractivity contribution is 0.0934. The first-order valence-corrected chi connectivity index (χ1v) is 11.9. The highest BCUT2D eigenvalue weighted by molar-refractivity contribution is 7.13. The van der Waals surface area contributed by atoms with E-state index in [1.54, 1.807) is 13.0 Å². The molecule has 0 aliphatic rings. The number of nitrogens with one attached hydrogen (secondary N) is 3. The molecular weight excluding hydrogens is 506 g/mol. The minimum Gasteiger partial charge on any atom is -0.363 e. The third-order valence-corrected chi connectivity index (χ3v) is 6.19. The summed E-state index contributed by atoms with van der Waals surface area (Å²) < 4.78 is 4.76. The van der Waals surface area contributed by atoms with Crippen LogP contribution in [0.2, 0.25) is 5.02 Å². The van der Waals surface area contributed by atoms with Crippen LogP contribution in [-0.4, -0.2) is 41.9 Å². The Bertz CT molecular complexity index is 1390. The number of nitrogens with zero attached hydrogens (tertiary/aromatic N) is 6. The SMILES string of the molecule is CC(NC(=O)c1cc(Nc2ccon2)ncn1)c1ncc(C(=O)Nc2ncc(Cl)c(C(C)(C)C)n2)s1. The molecule has 0 fully saturated rings. The fourth-order valence-corrected chi connectivity index (χ4v) is 4.19. The predicted molar refractivity (Wildman–Crippen MR) is 134 cm³/mol. The predicted octanol–water partition coefficient (Wildman–Crippen LogP) is 4.15. The van der Waals surface area contributed by atoms with Crippen molar-refractivity contribution in [3.63, 3.8) is 0 Å². The van der Waals surface area contributed by atoms with Gasteiger partial charge in [0.05, 0.1) is 29.2 Å². The van der Waals surface area contributed by atoms with Crippen LogP contribution in [-0.2, 0) is 5.41 Å². The maximum atomic E-state index is 12.7. The van der Waals surface area contributed by atoms with E-state index in [9.17, 15) is 9.59 Å². The molecule has 0 radical (unpaired) electrons. The Labute approximate surface area is 215 Å². The van der Waals surface area contributed by atoms with Crippen molar-refractivity contribution in [2.75, 3.05) is 10.6 Å². The zero-order valence-corrected chi connectivity index (χ0v) is 21.3. The van der Waals surface area contributed by atoms with Crippen LogP contribution in [0, 0.1) is 0 Å². The lowest BCUT2D eigenvalue weighted by Crippen LogP contribution is -2.27. The van der Waals surface area contributed by atoms with E-state index in [-0.39, 0.29) is 17.1 Å². The molecule has 4 rings (SSSR count). The van der Waals surface area contributed by atoms with E-state index in [4.69, 9.17) is 16.1 Å². The molecule has 186 valence electrons. The number of carbonyl (C=O) groups excluding carboxylic acids is 2. The van der Waals surface area contributed by atoms with Crippen LogP contribution >= 0.6 is 22.9 Å². The Morgan fingerprint density at radius 1 is 1.08 bits per heavy atom. The van der Waals surface area contributed by atoms with Crippen molar-refractivity contribution >= 4 is 52.3 Å². The largest absolute Gasteiger partial charge is 0.363 e. The average molecular weight is 528 g/mol. The number of halogens is 1. The van der Waals surface area contributed by atoms with E-state index in [0.29, 0.717) is 32.2 Å². The first-order valence-electron chi connectivity index (χ1n) is 10.7. The van der Waals surface area contributed by atoms with Crippen LogP contribution in [0.3, 0.4) is 0 Å². The molecule has 12 nitrogen and oxygen atoms in total. The summed E-state index contributed by atoms with van der Waals surface area (Å²) in [4.78, 5) is 46.6. The number of amides is 2. The molecule has 2 amide bonds. The maximum absolute atomic E-state index is 12.7. The van der Waals surface area contributed by atoms with Gasteiger partial charge in [0.1, 0.15) is 34.0 Å². The van der Waals surface area contributed by atoms with Gasteiger partial charge in [-0.1, -0.05) is 37.5 Å². The highest BCUT2D eigenvalue weighted by atomic mass is 35.5. The van der Waals surface area contributed by atoms with E-state index >= 15 is 0 Å². The van der Waals surface area contributed by atoms with Gasteiger partial charge in [0.25, 0.3) is 11.8 Å². The van der Waals surface area contributed by atoms with E-state index in [1.165, 1.54) is 31.1 Å². The van der Waals surface area contributed by atoms with Crippen molar-refractivity contribution in [3.8, 4) is 0 Å². The molecule has 1 atom stereocenters. The third-order valence-electron chi connectivity index (χ3n) is 4.74. The number of rotatable bonds is 7. The summed E-state index contributed by atoms with van der Waals surface area (Å²) in [6.45, 7) is 7.65. The normalized spacial score (nSPS) is 12.1. The molecule has 0 aliphatic heterocycles. The molecule has 0 aliphatic carbocycles. The maximum Gasteiger partial charge on any atom is 0.270 e. The van der Waals surface area contributed by atoms with Crippen LogP contribution < -0.4 is 16.0 Å². The Hall–Kier alpha value is -3.97. The van der Waals surface area contributed by atoms with Crippen LogP contribution in [0.1, 0.15) is 64.6 Å². The van der Waals surface area contributed by atoms with Gasteiger partial charge in [-0.05, 0) is 6.92 Å². The molecule has 36 heavy (non-hydrogen) atoms. The minimum atomic E-state index is -0.481. The molecular formula is C22H22ClN9O3S. The van der Waals surface area contributed by atoms with Crippen molar-refractivity contribution in [3.05, 3.63) is 63.4 Å². The number of carbonyl (C=O) groups is 2. The van der Waals surface area contributed by atoms with Gasteiger partial charge >= 0.3 is 0 Å². The van der Waals surface area contributed by atoms with Gasteiger partial charge in [-0.2, -0.15) is 0 Å². The Morgan fingerprint density at radius 3 is 2.61 bits per heavy atom. The molecule has 4 heterocycles. The number of hydrogen-bond acceptors (Lipinski definition) is 11. The van der Waals surface area contributed by atoms with Gasteiger partial charge in [0, 0.05) is 17.5 Å². The quantitative estimate of drug-likeness (QED) is 0.318. The van der Waals surface area contributed by atoms with E-state index in [1.807, 2.05) is 20.8 Å². The van der Waals surface area contributed by atoms with E-state index < -0.39 is 17.9 Å². The highest BCUT2D eigenvalue weighted by Gasteiger charge is 2.22. The Morgan fingerprint density at radius 2 is 1.89 bits per heavy atom. The lowest BCUT2D eigenvalue weighted by Gasteiger charge is -2.19. The molecule has 4 aromatic rings. The first-order chi connectivity index (χ1) is 17.1. The highest BCUT2D eigenvalue weighted by Crippen LogP contribution is 2.28. The molecule has 0 saturated carbocycles. The number of hydrogen-bond donors (Lipinski definition) is 3. The monoisotopic (exact) mass is 527 g/mol. The second kappa shape index (κ2) is 10.3. The summed E-state index contributed by atoms with van der Waals surface area (Å²) in [5.41, 5.74) is 0.452. The fraction of sp³-hybridized carbons (Fsp3) is 0.273. The minimum absolute atomic E-state index is 0.143. The fourth-order valence-electron chi connectivity index (χ4n) is 3.00. The van der Waals surface area contributed by atoms with Gasteiger partial charge in [-0.3, -0.25) is 14.9 Å². The summed E-state index contributed by atoms with van der Waals surface area (Å²) in [5, 5.41) is 13.1. The van der Waals surface area contributed by atoms with Crippen molar-refractivity contribution < 1.29 is 14.1 Å². The van der Waals surface area contributed by atoms with Crippen LogP contribution in [0.5, 0.6) is 0 Å². The van der Waals surface area contributed by atoms with Gasteiger partial charge in [-0.15, -0.1) is 11.3 Å². The summed E-state index contributed by atoms with van der Waals surface area (Å²) >= 11 is 7.34. The molecule has 0 saturated heterocycles. The summed E-state index contributed by atoms with van der Waals surface area (Å²) in [6, 6.07) is 2.61. The molecule has 4 aromatic heterocycles. The van der Waals surface area contributed by atoms with Crippen molar-refractivity contribution in [2.24, 2.45) is 0 Å². The number of anilines is 3. The van der Waals surface area contributed by atoms with Crippen LogP contribution in [0.15, 0.2) is 41.6 Å². The summed E-state index contributed by atoms with van der Waals surface area (Å²) in [6.07, 6.45) is 5.56. The van der Waals surface area contributed by atoms with Gasteiger partial charge in [0.2, 0.25) is 5.95 Å². The van der Waals surface area contributed by atoms with Crippen molar-refractivity contribution in [1.82, 2.24) is 35.4 Å².